The van der Waals surface area contributed by atoms with Gasteiger partial charge in [0.05, 0.1) is 31.6 Å². The SMILES string of the molecule is O=S(=O)(N1CCOCC1)N1CCC(n2nccn2)C1. The summed E-state index contributed by atoms with van der Waals surface area (Å²) in [5.41, 5.74) is 0. The monoisotopic (exact) mass is 287 g/mol. The Labute approximate surface area is 112 Å². The Bertz CT molecular complexity index is 511. The Morgan fingerprint density at radius 1 is 1.05 bits per heavy atom. The number of ether oxygens (including phenoxy) is 1. The van der Waals surface area contributed by atoms with E-state index < -0.39 is 10.2 Å². The molecule has 1 aromatic heterocycles. The molecule has 0 radical (unpaired) electrons. The number of hydrogen-bond donors (Lipinski definition) is 0. The summed E-state index contributed by atoms with van der Waals surface area (Å²) < 4.78 is 33.1. The molecule has 0 aromatic carbocycles. The second kappa shape index (κ2) is 5.16. The highest BCUT2D eigenvalue weighted by atomic mass is 32.2. The van der Waals surface area contributed by atoms with Crippen molar-refractivity contribution in [2.75, 3.05) is 39.4 Å². The summed E-state index contributed by atoms with van der Waals surface area (Å²) in [6.45, 7) is 2.77. The average molecular weight is 287 g/mol. The van der Waals surface area contributed by atoms with Crippen LogP contribution in [-0.2, 0) is 14.9 Å². The van der Waals surface area contributed by atoms with Crippen LogP contribution in [0.2, 0.25) is 0 Å². The van der Waals surface area contributed by atoms with Gasteiger partial charge in [-0.1, -0.05) is 0 Å². The van der Waals surface area contributed by atoms with E-state index in [0.29, 0.717) is 39.4 Å². The summed E-state index contributed by atoms with van der Waals surface area (Å²) in [5.74, 6) is 0. The lowest BCUT2D eigenvalue weighted by Crippen LogP contribution is -2.47. The van der Waals surface area contributed by atoms with Crippen LogP contribution in [0, 0.1) is 0 Å². The van der Waals surface area contributed by atoms with E-state index >= 15 is 0 Å². The normalized spacial score (nSPS) is 26.8. The maximum atomic E-state index is 12.4. The molecular formula is C10H17N5O3S. The van der Waals surface area contributed by atoms with Gasteiger partial charge in [0.2, 0.25) is 0 Å². The minimum Gasteiger partial charge on any atom is -0.379 e. The molecule has 2 aliphatic heterocycles. The van der Waals surface area contributed by atoms with Crippen LogP contribution in [0.4, 0.5) is 0 Å². The molecule has 3 rings (SSSR count). The predicted octanol–water partition coefficient (Wildman–Crippen LogP) is -0.898. The molecule has 0 bridgehead atoms. The van der Waals surface area contributed by atoms with Gasteiger partial charge in [-0.05, 0) is 6.42 Å². The molecule has 0 spiro atoms. The van der Waals surface area contributed by atoms with Crippen molar-refractivity contribution in [1.82, 2.24) is 23.6 Å². The van der Waals surface area contributed by atoms with Gasteiger partial charge in [-0.2, -0.15) is 32.0 Å². The Morgan fingerprint density at radius 3 is 2.42 bits per heavy atom. The lowest BCUT2D eigenvalue weighted by molar-refractivity contribution is 0.0705. The van der Waals surface area contributed by atoms with Gasteiger partial charge in [0.25, 0.3) is 10.2 Å². The van der Waals surface area contributed by atoms with Crippen molar-refractivity contribution in [2.24, 2.45) is 0 Å². The summed E-state index contributed by atoms with van der Waals surface area (Å²) in [4.78, 5) is 1.59. The van der Waals surface area contributed by atoms with Crippen LogP contribution in [0.25, 0.3) is 0 Å². The first-order chi connectivity index (χ1) is 9.18. The zero-order valence-electron chi connectivity index (χ0n) is 10.6. The third kappa shape index (κ3) is 2.50. The molecule has 1 unspecified atom stereocenters. The summed E-state index contributed by atoms with van der Waals surface area (Å²) in [7, 11) is -3.37. The molecule has 2 aliphatic rings. The number of morpholine rings is 1. The second-order valence-corrected chi connectivity index (χ2v) is 6.60. The van der Waals surface area contributed by atoms with Crippen LogP contribution < -0.4 is 0 Å². The minimum atomic E-state index is -3.37. The molecule has 19 heavy (non-hydrogen) atoms. The van der Waals surface area contributed by atoms with Crippen LogP contribution in [0.3, 0.4) is 0 Å². The molecule has 0 saturated carbocycles. The van der Waals surface area contributed by atoms with Crippen LogP contribution >= 0.6 is 0 Å². The predicted molar refractivity (Wildman–Crippen MR) is 66.6 cm³/mol. The quantitative estimate of drug-likeness (QED) is 0.720. The number of rotatable bonds is 3. The highest BCUT2D eigenvalue weighted by Gasteiger charge is 2.37. The van der Waals surface area contributed by atoms with Gasteiger partial charge in [0, 0.05) is 26.2 Å². The van der Waals surface area contributed by atoms with E-state index in [9.17, 15) is 8.42 Å². The zero-order valence-corrected chi connectivity index (χ0v) is 11.4. The molecule has 106 valence electrons. The van der Waals surface area contributed by atoms with E-state index in [0.717, 1.165) is 6.42 Å². The Hall–Kier alpha value is -1.03. The number of aromatic nitrogens is 3. The van der Waals surface area contributed by atoms with Crippen molar-refractivity contribution >= 4 is 10.2 Å². The highest BCUT2D eigenvalue weighted by molar-refractivity contribution is 7.86. The van der Waals surface area contributed by atoms with Crippen molar-refractivity contribution < 1.29 is 13.2 Å². The molecule has 8 nitrogen and oxygen atoms in total. The molecular weight excluding hydrogens is 270 g/mol. The van der Waals surface area contributed by atoms with Crippen LogP contribution in [0.1, 0.15) is 12.5 Å². The average Bonchev–Trinajstić information content (AvgIpc) is 3.10. The first-order valence-corrected chi connectivity index (χ1v) is 7.76. The molecule has 2 saturated heterocycles. The van der Waals surface area contributed by atoms with Crippen LogP contribution in [0.15, 0.2) is 12.4 Å². The van der Waals surface area contributed by atoms with Crippen LogP contribution in [-0.4, -0.2) is 71.4 Å². The van der Waals surface area contributed by atoms with E-state index in [4.69, 9.17) is 4.74 Å². The van der Waals surface area contributed by atoms with E-state index in [1.807, 2.05) is 0 Å². The summed E-state index contributed by atoms with van der Waals surface area (Å²) in [6, 6.07) is 0.0332. The molecule has 1 aromatic rings. The second-order valence-electron chi connectivity index (χ2n) is 4.67. The summed E-state index contributed by atoms with van der Waals surface area (Å²) >= 11 is 0. The summed E-state index contributed by atoms with van der Waals surface area (Å²) in [5, 5.41) is 8.16. The molecule has 2 fully saturated rings. The van der Waals surface area contributed by atoms with Crippen molar-refractivity contribution in [3.63, 3.8) is 0 Å². The van der Waals surface area contributed by atoms with Crippen molar-refractivity contribution in [2.45, 2.75) is 12.5 Å². The molecule has 0 N–H and O–H groups in total. The maximum absolute atomic E-state index is 12.4. The molecule has 1 atom stereocenters. The maximum Gasteiger partial charge on any atom is 0.282 e. The smallest absolute Gasteiger partial charge is 0.282 e. The largest absolute Gasteiger partial charge is 0.379 e. The fraction of sp³-hybridized carbons (Fsp3) is 0.800. The van der Waals surface area contributed by atoms with Gasteiger partial charge in [0.15, 0.2) is 0 Å². The lowest BCUT2D eigenvalue weighted by Gasteiger charge is -2.29. The van der Waals surface area contributed by atoms with E-state index in [1.54, 1.807) is 17.2 Å². The molecule has 9 heteroatoms. The Kier molecular flexibility index (Phi) is 3.52. The topological polar surface area (TPSA) is 80.6 Å². The van der Waals surface area contributed by atoms with E-state index in [-0.39, 0.29) is 6.04 Å². The van der Waals surface area contributed by atoms with Gasteiger partial charge in [0.1, 0.15) is 0 Å². The fourth-order valence-corrected chi connectivity index (χ4v) is 4.10. The van der Waals surface area contributed by atoms with Gasteiger partial charge in [-0.15, -0.1) is 0 Å². The zero-order chi connectivity index (χ0) is 13.3. The molecule has 0 amide bonds. The number of hydrogen-bond acceptors (Lipinski definition) is 5. The number of nitrogens with zero attached hydrogens (tertiary/aromatic N) is 5. The first-order valence-electron chi connectivity index (χ1n) is 6.37. The third-order valence-electron chi connectivity index (χ3n) is 3.51. The Balaban J connectivity index is 1.69. The Morgan fingerprint density at radius 2 is 1.74 bits per heavy atom. The standard InChI is InChI=1S/C10H17N5O3S/c16-19(17,13-5-7-18-8-6-13)14-4-1-10(9-14)15-11-2-3-12-15/h2-3,10H,1,4-9H2. The van der Waals surface area contributed by atoms with Gasteiger partial charge in [-0.3, -0.25) is 0 Å². The summed E-state index contributed by atoms with van der Waals surface area (Å²) in [6.07, 6.45) is 3.97. The lowest BCUT2D eigenvalue weighted by atomic mass is 10.3. The van der Waals surface area contributed by atoms with Crippen LogP contribution in [0.5, 0.6) is 0 Å². The third-order valence-corrected chi connectivity index (χ3v) is 5.51. The minimum absolute atomic E-state index is 0.0332. The first kappa shape index (κ1) is 13.0. The van der Waals surface area contributed by atoms with E-state index in [1.165, 1.54) is 8.61 Å². The fourth-order valence-electron chi connectivity index (χ4n) is 2.46. The molecule has 0 aliphatic carbocycles. The van der Waals surface area contributed by atoms with Gasteiger partial charge >= 0.3 is 0 Å². The van der Waals surface area contributed by atoms with Crippen molar-refractivity contribution in [1.29, 1.82) is 0 Å². The van der Waals surface area contributed by atoms with Gasteiger partial charge < -0.3 is 4.74 Å². The van der Waals surface area contributed by atoms with Crippen molar-refractivity contribution in [3.05, 3.63) is 12.4 Å². The highest BCUT2D eigenvalue weighted by Crippen LogP contribution is 2.24. The van der Waals surface area contributed by atoms with Crippen molar-refractivity contribution in [3.8, 4) is 0 Å². The van der Waals surface area contributed by atoms with Gasteiger partial charge in [-0.25, -0.2) is 0 Å². The molecule has 3 heterocycles. The van der Waals surface area contributed by atoms with E-state index in [2.05, 4.69) is 10.2 Å².